The van der Waals surface area contributed by atoms with Gasteiger partial charge in [0.15, 0.2) is 0 Å². The molecule has 1 N–H and O–H groups in total. The highest BCUT2D eigenvalue weighted by atomic mass is 79.9. The summed E-state index contributed by atoms with van der Waals surface area (Å²) in [5, 5.41) is 3.37. The zero-order valence-electron chi connectivity index (χ0n) is 11.5. The van der Waals surface area contributed by atoms with Crippen molar-refractivity contribution in [1.82, 2.24) is 0 Å². The van der Waals surface area contributed by atoms with E-state index in [1.165, 1.54) is 0 Å². The van der Waals surface area contributed by atoms with Crippen molar-refractivity contribution in [1.29, 1.82) is 0 Å². The molecular formula is C15H14Br3NO2. The second-order valence-electron chi connectivity index (χ2n) is 4.31. The molecule has 3 nitrogen and oxygen atoms in total. The smallest absolute Gasteiger partial charge is 0.138 e. The van der Waals surface area contributed by atoms with E-state index in [1.807, 2.05) is 30.3 Å². The third-order valence-electron chi connectivity index (χ3n) is 2.88. The Balaban J connectivity index is 2.22. The van der Waals surface area contributed by atoms with Crippen LogP contribution in [-0.2, 0) is 6.54 Å². The quantitative estimate of drug-likeness (QED) is 0.605. The van der Waals surface area contributed by atoms with Crippen LogP contribution in [0.2, 0.25) is 0 Å². The van der Waals surface area contributed by atoms with Gasteiger partial charge in [-0.25, -0.2) is 0 Å². The van der Waals surface area contributed by atoms with Gasteiger partial charge in [0.1, 0.15) is 11.5 Å². The van der Waals surface area contributed by atoms with Crippen LogP contribution in [0, 0.1) is 0 Å². The minimum Gasteiger partial charge on any atom is -0.497 e. The first-order valence-electron chi connectivity index (χ1n) is 6.14. The molecule has 0 spiro atoms. The second-order valence-corrected chi connectivity index (χ2v) is 7.00. The maximum Gasteiger partial charge on any atom is 0.138 e. The third kappa shape index (κ3) is 4.37. The zero-order chi connectivity index (χ0) is 15.4. The molecule has 21 heavy (non-hydrogen) atoms. The summed E-state index contributed by atoms with van der Waals surface area (Å²) >= 11 is 10.5. The number of nitrogens with one attached hydrogen (secondary N) is 1. The number of anilines is 1. The SMILES string of the molecule is COc1cc(Br)cc(NCc2cc(Br)cc(Br)c2OC)c1. The van der Waals surface area contributed by atoms with E-state index in [1.54, 1.807) is 14.2 Å². The molecule has 0 aliphatic carbocycles. The summed E-state index contributed by atoms with van der Waals surface area (Å²) in [7, 11) is 3.32. The Morgan fingerprint density at radius 1 is 0.905 bits per heavy atom. The van der Waals surface area contributed by atoms with Gasteiger partial charge in [-0.15, -0.1) is 0 Å². The van der Waals surface area contributed by atoms with Gasteiger partial charge in [-0.05, 0) is 40.2 Å². The molecule has 0 aliphatic heterocycles. The number of benzene rings is 2. The molecule has 0 saturated heterocycles. The van der Waals surface area contributed by atoms with Crippen LogP contribution in [0.1, 0.15) is 5.56 Å². The molecule has 2 aromatic rings. The van der Waals surface area contributed by atoms with E-state index in [0.29, 0.717) is 6.54 Å². The van der Waals surface area contributed by atoms with Crippen molar-refractivity contribution in [3.8, 4) is 11.5 Å². The molecule has 0 unspecified atom stereocenters. The lowest BCUT2D eigenvalue weighted by molar-refractivity contribution is 0.407. The summed E-state index contributed by atoms with van der Waals surface area (Å²) in [4.78, 5) is 0. The van der Waals surface area contributed by atoms with E-state index < -0.39 is 0 Å². The van der Waals surface area contributed by atoms with Crippen LogP contribution in [0.4, 0.5) is 5.69 Å². The van der Waals surface area contributed by atoms with E-state index in [0.717, 1.165) is 36.2 Å². The Bertz CT molecular complexity index is 647. The molecule has 0 aliphatic rings. The van der Waals surface area contributed by atoms with Crippen LogP contribution >= 0.6 is 47.8 Å². The fourth-order valence-electron chi connectivity index (χ4n) is 1.95. The van der Waals surface area contributed by atoms with Crippen molar-refractivity contribution in [3.05, 3.63) is 49.3 Å². The Labute approximate surface area is 149 Å². The van der Waals surface area contributed by atoms with Gasteiger partial charge in [-0.3, -0.25) is 0 Å². The number of halogens is 3. The summed E-state index contributed by atoms with van der Waals surface area (Å²) in [6.45, 7) is 0.640. The van der Waals surface area contributed by atoms with Gasteiger partial charge in [0.25, 0.3) is 0 Å². The molecule has 0 radical (unpaired) electrons. The lowest BCUT2D eigenvalue weighted by Gasteiger charge is -2.14. The van der Waals surface area contributed by atoms with Crippen molar-refractivity contribution in [2.75, 3.05) is 19.5 Å². The average molecular weight is 480 g/mol. The number of hydrogen-bond acceptors (Lipinski definition) is 3. The summed E-state index contributed by atoms with van der Waals surface area (Å²) in [6, 6.07) is 9.87. The molecule has 0 amide bonds. The van der Waals surface area contributed by atoms with Crippen molar-refractivity contribution in [3.63, 3.8) is 0 Å². The van der Waals surface area contributed by atoms with Gasteiger partial charge in [-0.1, -0.05) is 31.9 Å². The van der Waals surface area contributed by atoms with Gasteiger partial charge < -0.3 is 14.8 Å². The van der Waals surface area contributed by atoms with Crippen LogP contribution in [0.3, 0.4) is 0 Å². The van der Waals surface area contributed by atoms with E-state index in [-0.39, 0.29) is 0 Å². The van der Waals surface area contributed by atoms with E-state index in [9.17, 15) is 0 Å². The van der Waals surface area contributed by atoms with Crippen molar-refractivity contribution in [2.24, 2.45) is 0 Å². The fourth-order valence-corrected chi connectivity index (χ4v) is 3.90. The highest BCUT2D eigenvalue weighted by Gasteiger charge is 2.09. The predicted octanol–water partition coefficient (Wildman–Crippen LogP) is 5.60. The zero-order valence-corrected chi connectivity index (χ0v) is 16.3. The second kappa shape index (κ2) is 7.51. The largest absolute Gasteiger partial charge is 0.497 e. The molecule has 0 atom stereocenters. The van der Waals surface area contributed by atoms with Gasteiger partial charge in [-0.2, -0.15) is 0 Å². The Hall–Kier alpha value is -0.720. The third-order valence-corrected chi connectivity index (χ3v) is 4.38. The first-order chi connectivity index (χ1) is 10.0. The van der Waals surface area contributed by atoms with E-state index >= 15 is 0 Å². The van der Waals surface area contributed by atoms with Crippen LogP contribution in [0.25, 0.3) is 0 Å². The maximum absolute atomic E-state index is 5.45. The molecule has 2 rings (SSSR count). The highest BCUT2D eigenvalue weighted by molar-refractivity contribution is 9.11. The molecule has 6 heteroatoms. The summed E-state index contributed by atoms with van der Waals surface area (Å²) < 4.78 is 13.6. The summed E-state index contributed by atoms with van der Waals surface area (Å²) in [5.41, 5.74) is 2.03. The summed E-state index contributed by atoms with van der Waals surface area (Å²) in [5.74, 6) is 1.63. The topological polar surface area (TPSA) is 30.5 Å². The minimum atomic E-state index is 0.640. The lowest BCUT2D eigenvalue weighted by Crippen LogP contribution is -2.02. The van der Waals surface area contributed by atoms with Crippen LogP contribution in [0.15, 0.2) is 43.7 Å². The van der Waals surface area contributed by atoms with Crippen molar-refractivity contribution in [2.45, 2.75) is 6.54 Å². The van der Waals surface area contributed by atoms with Gasteiger partial charge in [0.2, 0.25) is 0 Å². The number of methoxy groups -OCH3 is 2. The first-order valence-corrected chi connectivity index (χ1v) is 8.51. The van der Waals surface area contributed by atoms with Gasteiger partial charge in [0.05, 0.1) is 18.7 Å². The fraction of sp³-hybridized carbons (Fsp3) is 0.200. The minimum absolute atomic E-state index is 0.640. The van der Waals surface area contributed by atoms with Crippen LogP contribution in [-0.4, -0.2) is 14.2 Å². The number of rotatable bonds is 5. The Kier molecular flexibility index (Phi) is 5.96. The Morgan fingerprint density at radius 3 is 2.29 bits per heavy atom. The van der Waals surface area contributed by atoms with Crippen LogP contribution in [0.5, 0.6) is 11.5 Å². The molecule has 0 bridgehead atoms. The normalized spacial score (nSPS) is 10.3. The predicted molar refractivity (Wildman–Crippen MR) is 96.4 cm³/mol. The standard InChI is InChI=1S/C15H14Br3NO2/c1-20-13-5-11(17)4-12(7-13)19-8-9-3-10(16)6-14(18)15(9)21-2/h3-7,19H,8H2,1-2H3. The Morgan fingerprint density at radius 2 is 1.62 bits per heavy atom. The average Bonchev–Trinajstić information content (AvgIpc) is 2.44. The van der Waals surface area contributed by atoms with E-state index in [4.69, 9.17) is 9.47 Å². The van der Waals surface area contributed by atoms with Crippen molar-refractivity contribution < 1.29 is 9.47 Å². The van der Waals surface area contributed by atoms with E-state index in [2.05, 4.69) is 53.1 Å². The molecule has 0 fully saturated rings. The first kappa shape index (κ1) is 16.6. The number of hydrogen-bond donors (Lipinski definition) is 1. The van der Waals surface area contributed by atoms with Gasteiger partial charge in [0, 0.05) is 32.8 Å². The number of ether oxygens (including phenoxy) is 2. The lowest BCUT2D eigenvalue weighted by atomic mass is 10.2. The van der Waals surface area contributed by atoms with Gasteiger partial charge >= 0.3 is 0 Å². The summed E-state index contributed by atoms with van der Waals surface area (Å²) in [6.07, 6.45) is 0. The molecule has 0 saturated carbocycles. The molecule has 112 valence electrons. The maximum atomic E-state index is 5.45. The molecule has 2 aromatic carbocycles. The molecular weight excluding hydrogens is 466 g/mol. The molecule has 0 aromatic heterocycles. The highest BCUT2D eigenvalue weighted by Crippen LogP contribution is 2.33. The van der Waals surface area contributed by atoms with Crippen LogP contribution < -0.4 is 14.8 Å². The van der Waals surface area contributed by atoms with Crippen molar-refractivity contribution >= 4 is 53.5 Å². The monoisotopic (exact) mass is 477 g/mol. The molecule has 0 heterocycles.